The fourth-order valence-electron chi connectivity index (χ4n) is 2.12. The Hall–Kier alpha value is -2.08. The SMILES string of the molecule is Fc1ccc(Cn2c(=S)[nH]c3c(F)cccc32)cc1F. The van der Waals surface area contributed by atoms with Crippen LogP contribution in [0.15, 0.2) is 36.4 Å². The topological polar surface area (TPSA) is 20.7 Å². The van der Waals surface area contributed by atoms with E-state index in [0.717, 1.165) is 12.1 Å². The van der Waals surface area contributed by atoms with Gasteiger partial charge in [-0.25, -0.2) is 13.2 Å². The number of hydrogen-bond acceptors (Lipinski definition) is 1. The number of H-pyrrole nitrogens is 1. The summed E-state index contributed by atoms with van der Waals surface area (Å²) in [6.45, 7) is 0.236. The molecular formula is C14H9F3N2S. The van der Waals surface area contributed by atoms with Crippen LogP contribution >= 0.6 is 12.2 Å². The van der Waals surface area contributed by atoms with Gasteiger partial charge in [-0.3, -0.25) is 0 Å². The average Bonchev–Trinajstić information content (AvgIpc) is 2.73. The Morgan fingerprint density at radius 3 is 2.55 bits per heavy atom. The second-order valence-electron chi connectivity index (χ2n) is 4.40. The molecule has 0 unspecified atom stereocenters. The van der Waals surface area contributed by atoms with E-state index in [1.54, 1.807) is 16.7 Å². The van der Waals surface area contributed by atoms with Crippen molar-refractivity contribution < 1.29 is 13.2 Å². The molecule has 2 aromatic carbocycles. The highest BCUT2D eigenvalue weighted by Crippen LogP contribution is 2.19. The van der Waals surface area contributed by atoms with E-state index in [2.05, 4.69) is 4.98 Å². The Morgan fingerprint density at radius 2 is 1.80 bits per heavy atom. The number of halogens is 3. The van der Waals surface area contributed by atoms with Crippen LogP contribution in [0.25, 0.3) is 11.0 Å². The normalized spacial score (nSPS) is 11.2. The zero-order valence-electron chi connectivity index (χ0n) is 10.2. The largest absolute Gasteiger partial charge is 0.328 e. The van der Waals surface area contributed by atoms with Crippen LogP contribution in [0.5, 0.6) is 0 Å². The molecular weight excluding hydrogens is 285 g/mol. The molecule has 2 nitrogen and oxygen atoms in total. The van der Waals surface area contributed by atoms with E-state index in [-0.39, 0.29) is 6.54 Å². The summed E-state index contributed by atoms with van der Waals surface area (Å²) in [5.41, 5.74) is 1.44. The molecule has 0 radical (unpaired) electrons. The lowest BCUT2D eigenvalue weighted by Gasteiger charge is -2.05. The van der Waals surface area contributed by atoms with Gasteiger partial charge < -0.3 is 9.55 Å². The van der Waals surface area contributed by atoms with Crippen LogP contribution in [-0.4, -0.2) is 9.55 Å². The number of rotatable bonds is 2. The smallest absolute Gasteiger partial charge is 0.178 e. The molecule has 0 aliphatic heterocycles. The molecule has 3 rings (SSSR count). The summed E-state index contributed by atoms with van der Waals surface area (Å²) in [5.74, 6) is -2.22. The van der Waals surface area contributed by atoms with E-state index in [1.165, 1.54) is 12.1 Å². The van der Waals surface area contributed by atoms with Crippen molar-refractivity contribution in [3.63, 3.8) is 0 Å². The molecule has 0 bridgehead atoms. The van der Waals surface area contributed by atoms with E-state index in [9.17, 15) is 13.2 Å². The zero-order valence-corrected chi connectivity index (χ0v) is 11.0. The first kappa shape index (κ1) is 12.9. The molecule has 1 heterocycles. The quantitative estimate of drug-likeness (QED) is 0.704. The maximum atomic E-state index is 13.6. The molecule has 0 atom stereocenters. The van der Waals surface area contributed by atoms with E-state index < -0.39 is 17.5 Å². The lowest BCUT2D eigenvalue weighted by Crippen LogP contribution is -2.00. The standard InChI is InChI=1S/C14H9F3N2S/c15-9-5-4-8(6-11(9)17)7-19-12-3-1-2-10(16)13(12)18-14(19)20/h1-6H,7H2,(H,18,20). The Labute approximate surface area is 117 Å². The molecule has 1 N–H and O–H groups in total. The highest BCUT2D eigenvalue weighted by molar-refractivity contribution is 7.71. The molecule has 0 fully saturated rings. The van der Waals surface area contributed by atoms with Crippen LogP contribution in [0.2, 0.25) is 0 Å². The molecule has 6 heteroatoms. The monoisotopic (exact) mass is 294 g/mol. The fourth-order valence-corrected chi connectivity index (χ4v) is 2.39. The Bertz CT molecular complexity index is 851. The highest BCUT2D eigenvalue weighted by atomic mass is 32.1. The minimum atomic E-state index is -0.917. The summed E-state index contributed by atoms with van der Waals surface area (Å²) < 4.78 is 41.7. The van der Waals surface area contributed by atoms with Crippen molar-refractivity contribution in [3.8, 4) is 0 Å². The van der Waals surface area contributed by atoms with Crippen molar-refractivity contribution in [2.45, 2.75) is 6.54 Å². The third kappa shape index (κ3) is 2.12. The van der Waals surface area contributed by atoms with Crippen LogP contribution in [-0.2, 0) is 6.54 Å². The van der Waals surface area contributed by atoms with Crippen molar-refractivity contribution in [1.82, 2.24) is 9.55 Å². The molecule has 0 amide bonds. The third-order valence-corrected chi connectivity index (χ3v) is 3.41. The van der Waals surface area contributed by atoms with Crippen LogP contribution in [0.1, 0.15) is 5.56 Å². The van der Waals surface area contributed by atoms with Gasteiger partial charge in [-0.1, -0.05) is 12.1 Å². The van der Waals surface area contributed by atoms with Gasteiger partial charge in [0.2, 0.25) is 0 Å². The molecule has 0 spiro atoms. The van der Waals surface area contributed by atoms with E-state index >= 15 is 0 Å². The number of fused-ring (bicyclic) bond motifs is 1. The fraction of sp³-hybridized carbons (Fsp3) is 0.0714. The van der Waals surface area contributed by atoms with Gasteiger partial charge in [-0.2, -0.15) is 0 Å². The lowest BCUT2D eigenvalue weighted by molar-refractivity contribution is 0.506. The predicted octanol–water partition coefficient (Wildman–Crippen LogP) is 4.16. The van der Waals surface area contributed by atoms with Crippen LogP contribution in [0.4, 0.5) is 13.2 Å². The van der Waals surface area contributed by atoms with Gasteiger partial charge in [0.05, 0.1) is 12.1 Å². The first-order valence-corrected chi connectivity index (χ1v) is 6.28. The van der Waals surface area contributed by atoms with Crippen molar-refractivity contribution >= 4 is 23.3 Å². The molecule has 3 aromatic rings. The van der Waals surface area contributed by atoms with Crippen molar-refractivity contribution in [2.75, 3.05) is 0 Å². The lowest BCUT2D eigenvalue weighted by atomic mass is 10.2. The molecule has 102 valence electrons. The molecule has 20 heavy (non-hydrogen) atoms. The van der Waals surface area contributed by atoms with Gasteiger partial charge in [0.15, 0.2) is 16.4 Å². The van der Waals surface area contributed by atoms with Crippen molar-refractivity contribution in [3.05, 3.63) is 64.2 Å². The average molecular weight is 294 g/mol. The number of nitrogens with one attached hydrogen (secondary N) is 1. The highest BCUT2D eigenvalue weighted by Gasteiger charge is 2.09. The summed E-state index contributed by atoms with van der Waals surface area (Å²) >= 11 is 5.14. The van der Waals surface area contributed by atoms with Gasteiger partial charge in [-0.15, -0.1) is 0 Å². The van der Waals surface area contributed by atoms with Crippen LogP contribution in [0, 0.1) is 22.2 Å². The summed E-state index contributed by atoms with van der Waals surface area (Å²) in [7, 11) is 0. The molecule has 1 aromatic heterocycles. The van der Waals surface area contributed by atoms with Crippen molar-refractivity contribution in [2.24, 2.45) is 0 Å². The summed E-state index contributed by atoms with van der Waals surface area (Å²) in [6, 6.07) is 8.25. The van der Waals surface area contributed by atoms with Gasteiger partial charge in [0, 0.05) is 0 Å². The second-order valence-corrected chi connectivity index (χ2v) is 4.79. The molecule has 0 saturated carbocycles. The molecule has 0 saturated heterocycles. The van der Waals surface area contributed by atoms with Gasteiger partial charge in [0.1, 0.15) is 11.3 Å². The third-order valence-electron chi connectivity index (χ3n) is 3.08. The number of benzene rings is 2. The van der Waals surface area contributed by atoms with Crippen LogP contribution < -0.4 is 0 Å². The Kier molecular flexibility index (Phi) is 3.10. The van der Waals surface area contributed by atoms with Gasteiger partial charge in [-0.05, 0) is 42.0 Å². The van der Waals surface area contributed by atoms with Gasteiger partial charge >= 0.3 is 0 Å². The summed E-state index contributed by atoms with van der Waals surface area (Å²) in [4.78, 5) is 2.78. The predicted molar refractivity (Wildman–Crippen MR) is 72.5 cm³/mol. The summed E-state index contributed by atoms with van der Waals surface area (Å²) in [5, 5.41) is 0. The minimum absolute atomic E-state index is 0.236. The maximum Gasteiger partial charge on any atom is 0.178 e. The van der Waals surface area contributed by atoms with Gasteiger partial charge in [0.25, 0.3) is 0 Å². The number of aromatic nitrogens is 2. The zero-order chi connectivity index (χ0) is 14.3. The first-order valence-electron chi connectivity index (χ1n) is 5.87. The number of imidazole rings is 1. The van der Waals surface area contributed by atoms with E-state index in [1.807, 2.05) is 0 Å². The minimum Gasteiger partial charge on any atom is -0.328 e. The Balaban J connectivity index is 2.11. The summed E-state index contributed by atoms with van der Waals surface area (Å²) in [6.07, 6.45) is 0. The molecule has 0 aliphatic rings. The first-order chi connectivity index (χ1) is 9.56. The number of nitrogens with zero attached hydrogens (tertiary/aromatic N) is 1. The Morgan fingerprint density at radius 1 is 1.00 bits per heavy atom. The molecule has 0 aliphatic carbocycles. The van der Waals surface area contributed by atoms with E-state index in [0.29, 0.717) is 21.4 Å². The van der Waals surface area contributed by atoms with Crippen molar-refractivity contribution in [1.29, 1.82) is 0 Å². The number of para-hydroxylation sites is 1. The van der Waals surface area contributed by atoms with E-state index in [4.69, 9.17) is 12.2 Å². The maximum absolute atomic E-state index is 13.6. The second kappa shape index (κ2) is 4.79. The number of aromatic amines is 1. The van der Waals surface area contributed by atoms with Crippen LogP contribution in [0.3, 0.4) is 0 Å². The number of hydrogen-bond donors (Lipinski definition) is 1.